The third kappa shape index (κ3) is 3.35. The molecule has 0 bridgehead atoms. The molecular formula is C28H23Cl2IN2O6. The van der Waals surface area contributed by atoms with E-state index in [4.69, 9.17) is 27.9 Å². The fourth-order valence-corrected chi connectivity index (χ4v) is 8.24. The standard InChI is InChI=1S/C28H23Cl2IN2O6/c1-32-25(37)27(29)12-18-15(21(28(27,30)26(32)38)17-4-3-5-19(39-2)22(17)34)10-11-16-20(18)24(36)33(23(16)35)14-8-6-13(31)7-9-14/h3-10,16,18,20-21,34H,11-12H2,1-2H3/t16-,18+,20-,21+,27+,28-/m0/s1. The summed E-state index contributed by atoms with van der Waals surface area (Å²) in [6.45, 7) is 0. The number of nitrogens with zero attached hydrogens (tertiary/aromatic N) is 2. The minimum absolute atomic E-state index is 0.110. The second-order valence-corrected chi connectivity index (χ2v) is 12.9. The molecule has 8 nitrogen and oxygen atoms in total. The number of para-hydroxylation sites is 1. The molecule has 1 saturated carbocycles. The number of hydrogen-bond acceptors (Lipinski definition) is 6. The van der Waals surface area contributed by atoms with Crippen molar-refractivity contribution in [3.8, 4) is 11.5 Å². The molecule has 202 valence electrons. The Labute approximate surface area is 248 Å². The van der Waals surface area contributed by atoms with Crippen molar-refractivity contribution in [2.45, 2.75) is 28.5 Å². The number of phenols is 1. The summed E-state index contributed by atoms with van der Waals surface area (Å²) in [5.41, 5.74) is 1.33. The molecule has 2 heterocycles. The van der Waals surface area contributed by atoms with E-state index >= 15 is 0 Å². The quantitative estimate of drug-likeness (QED) is 0.226. The Bertz CT molecular complexity index is 1500. The minimum Gasteiger partial charge on any atom is -0.504 e. The van der Waals surface area contributed by atoms with Crippen LogP contribution in [0, 0.1) is 21.3 Å². The van der Waals surface area contributed by atoms with E-state index in [9.17, 15) is 24.3 Å². The Morgan fingerprint density at radius 3 is 2.36 bits per heavy atom. The lowest BCUT2D eigenvalue weighted by Crippen LogP contribution is -2.60. The summed E-state index contributed by atoms with van der Waals surface area (Å²) in [5, 5.41) is 11.2. The van der Waals surface area contributed by atoms with Crippen LogP contribution in [0.25, 0.3) is 0 Å². The van der Waals surface area contributed by atoms with Crippen LogP contribution in [-0.2, 0) is 19.2 Å². The van der Waals surface area contributed by atoms with E-state index in [0.717, 1.165) is 8.47 Å². The fourth-order valence-electron chi connectivity index (χ4n) is 6.87. The van der Waals surface area contributed by atoms with Gasteiger partial charge in [-0.2, -0.15) is 0 Å². The van der Waals surface area contributed by atoms with Gasteiger partial charge in [-0.1, -0.05) is 23.8 Å². The van der Waals surface area contributed by atoms with Crippen LogP contribution in [0.2, 0.25) is 0 Å². The first kappa shape index (κ1) is 26.6. The van der Waals surface area contributed by atoms with E-state index in [1.165, 1.54) is 19.1 Å². The third-order valence-electron chi connectivity index (χ3n) is 8.66. The van der Waals surface area contributed by atoms with Gasteiger partial charge in [-0.15, -0.1) is 23.2 Å². The van der Waals surface area contributed by atoms with Crippen LogP contribution in [0.1, 0.15) is 24.3 Å². The summed E-state index contributed by atoms with van der Waals surface area (Å²) in [5.74, 6) is -5.34. The summed E-state index contributed by atoms with van der Waals surface area (Å²) in [4.78, 5) is 52.9. The van der Waals surface area contributed by atoms with Gasteiger partial charge in [0, 0.05) is 22.1 Å². The minimum atomic E-state index is -1.97. The van der Waals surface area contributed by atoms with E-state index in [1.807, 2.05) is 18.2 Å². The number of likely N-dealkylation sites (tertiary alicyclic amines) is 1. The van der Waals surface area contributed by atoms with Crippen molar-refractivity contribution in [3.63, 3.8) is 0 Å². The van der Waals surface area contributed by atoms with Crippen LogP contribution < -0.4 is 9.64 Å². The number of phenolic OH excluding ortho intramolecular Hbond substituents is 1. The number of carbonyl (C=O) groups is 4. The predicted molar refractivity (Wildman–Crippen MR) is 152 cm³/mol. The maximum Gasteiger partial charge on any atom is 0.253 e. The third-order valence-corrected chi connectivity index (χ3v) is 10.8. The summed E-state index contributed by atoms with van der Waals surface area (Å²) < 4.78 is 6.27. The average Bonchev–Trinajstić information content (AvgIpc) is 3.25. The molecule has 4 amide bonds. The number of allylic oxidation sites excluding steroid dienone is 2. The molecule has 0 spiro atoms. The number of methoxy groups -OCH3 is 1. The lowest BCUT2D eigenvalue weighted by molar-refractivity contribution is -0.138. The number of alkyl halides is 2. The van der Waals surface area contributed by atoms with Gasteiger partial charge in [-0.3, -0.25) is 29.0 Å². The van der Waals surface area contributed by atoms with Gasteiger partial charge in [0.2, 0.25) is 11.8 Å². The molecule has 6 rings (SSSR count). The number of carbonyl (C=O) groups excluding carboxylic acids is 4. The van der Waals surface area contributed by atoms with Gasteiger partial charge in [0.15, 0.2) is 21.2 Å². The van der Waals surface area contributed by atoms with Gasteiger partial charge >= 0.3 is 0 Å². The number of halogens is 3. The number of ether oxygens (including phenoxy) is 1. The molecule has 2 aliphatic carbocycles. The Hall–Kier alpha value is -2.63. The molecule has 1 N–H and O–H groups in total. The number of imide groups is 2. The molecule has 2 aromatic carbocycles. The second kappa shape index (κ2) is 8.94. The molecule has 3 fully saturated rings. The SMILES string of the molecule is COc1cccc([C@H]2C3=CC[C@@H]4C(=O)N(c5ccc(I)cc5)C(=O)[C@@H]4[C@@H]3C[C@@]3(Cl)C(=O)N(C)C(=O)[C@@]23Cl)c1O. The normalized spacial score (nSPS) is 33.6. The van der Waals surface area contributed by atoms with Crippen LogP contribution in [0.5, 0.6) is 11.5 Å². The number of hydrogen-bond donors (Lipinski definition) is 1. The maximum atomic E-state index is 14.0. The first-order valence-electron chi connectivity index (χ1n) is 12.4. The topological polar surface area (TPSA) is 104 Å². The van der Waals surface area contributed by atoms with Crippen molar-refractivity contribution < 1.29 is 29.0 Å². The van der Waals surface area contributed by atoms with Crippen LogP contribution >= 0.6 is 45.8 Å². The van der Waals surface area contributed by atoms with Crippen molar-refractivity contribution in [1.29, 1.82) is 0 Å². The van der Waals surface area contributed by atoms with Gasteiger partial charge in [-0.25, -0.2) is 0 Å². The van der Waals surface area contributed by atoms with Crippen LogP contribution in [0.4, 0.5) is 5.69 Å². The number of aromatic hydroxyl groups is 1. The summed E-state index contributed by atoms with van der Waals surface area (Å²) in [7, 11) is 2.72. The van der Waals surface area contributed by atoms with Gasteiger partial charge in [0.1, 0.15) is 0 Å². The van der Waals surface area contributed by atoms with Gasteiger partial charge in [0.25, 0.3) is 11.8 Å². The smallest absolute Gasteiger partial charge is 0.253 e. The van der Waals surface area contributed by atoms with E-state index in [1.54, 1.807) is 30.3 Å². The molecular weight excluding hydrogens is 658 g/mol. The van der Waals surface area contributed by atoms with Crippen molar-refractivity contribution >= 4 is 75.1 Å². The number of anilines is 1. The van der Waals surface area contributed by atoms with Crippen LogP contribution in [0.3, 0.4) is 0 Å². The molecule has 0 radical (unpaired) electrons. The second-order valence-electron chi connectivity index (χ2n) is 10.4. The predicted octanol–water partition coefficient (Wildman–Crippen LogP) is 4.20. The van der Waals surface area contributed by atoms with Gasteiger partial charge < -0.3 is 9.84 Å². The first-order chi connectivity index (χ1) is 18.5. The van der Waals surface area contributed by atoms with E-state index in [-0.39, 0.29) is 41.7 Å². The molecule has 0 unspecified atom stereocenters. The molecule has 6 atom stereocenters. The van der Waals surface area contributed by atoms with Crippen molar-refractivity contribution in [2.75, 3.05) is 19.1 Å². The van der Waals surface area contributed by atoms with Crippen LogP contribution in [-0.4, -0.2) is 57.5 Å². The molecule has 2 aliphatic heterocycles. The largest absolute Gasteiger partial charge is 0.504 e. The number of rotatable bonds is 3. The van der Waals surface area contributed by atoms with Crippen molar-refractivity contribution in [1.82, 2.24) is 4.90 Å². The Morgan fingerprint density at radius 1 is 1.00 bits per heavy atom. The van der Waals surface area contributed by atoms with E-state index in [2.05, 4.69) is 22.6 Å². The Kier molecular flexibility index (Phi) is 6.09. The fraction of sp³-hybridized carbons (Fsp3) is 0.357. The van der Waals surface area contributed by atoms with Crippen molar-refractivity contribution in [3.05, 3.63) is 63.2 Å². The Balaban J connectivity index is 1.53. The summed E-state index contributed by atoms with van der Waals surface area (Å²) in [6.07, 6.45) is 1.96. The summed E-state index contributed by atoms with van der Waals surface area (Å²) >= 11 is 16.4. The lowest BCUT2D eigenvalue weighted by atomic mass is 9.56. The molecule has 0 aromatic heterocycles. The zero-order valence-electron chi connectivity index (χ0n) is 20.9. The van der Waals surface area contributed by atoms with Crippen LogP contribution in [0.15, 0.2) is 54.1 Å². The number of benzene rings is 2. The van der Waals surface area contributed by atoms with Gasteiger partial charge in [-0.05, 0) is 71.7 Å². The van der Waals surface area contributed by atoms with Gasteiger partial charge in [0.05, 0.1) is 24.6 Å². The molecule has 2 saturated heterocycles. The monoisotopic (exact) mass is 680 g/mol. The lowest BCUT2D eigenvalue weighted by Gasteiger charge is -2.50. The zero-order valence-corrected chi connectivity index (χ0v) is 24.5. The highest BCUT2D eigenvalue weighted by molar-refractivity contribution is 14.1. The molecule has 11 heteroatoms. The first-order valence-corrected chi connectivity index (χ1v) is 14.2. The number of amides is 4. The van der Waals surface area contributed by atoms with E-state index < -0.39 is 45.2 Å². The molecule has 39 heavy (non-hydrogen) atoms. The number of fused-ring (bicyclic) bond motifs is 4. The zero-order chi connectivity index (χ0) is 28.0. The Morgan fingerprint density at radius 2 is 1.69 bits per heavy atom. The molecule has 4 aliphatic rings. The summed E-state index contributed by atoms with van der Waals surface area (Å²) in [6, 6.07) is 11.9. The van der Waals surface area contributed by atoms with E-state index in [0.29, 0.717) is 11.3 Å². The van der Waals surface area contributed by atoms with Crippen molar-refractivity contribution in [2.24, 2.45) is 17.8 Å². The molecule has 2 aromatic rings. The maximum absolute atomic E-state index is 14.0. The highest BCUT2D eigenvalue weighted by Crippen LogP contribution is 2.66. The highest BCUT2D eigenvalue weighted by atomic mass is 127. The average molecular weight is 681 g/mol. The highest BCUT2D eigenvalue weighted by Gasteiger charge is 2.76.